The van der Waals surface area contributed by atoms with Crippen molar-refractivity contribution in [2.24, 2.45) is 0 Å². The van der Waals surface area contributed by atoms with Gasteiger partial charge < -0.3 is 9.84 Å². The number of ether oxygens (including phenoxy) is 1. The fourth-order valence-corrected chi connectivity index (χ4v) is 4.31. The van der Waals surface area contributed by atoms with Crippen LogP contribution in [-0.4, -0.2) is 58.4 Å². The topological polar surface area (TPSA) is 144 Å². The number of sulfonamides is 1. The van der Waals surface area contributed by atoms with Gasteiger partial charge in [-0.2, -0.15) is 0 Å². The highest BCUT2D eigenvalue weighted by atomic mass is 32.3. The molecule has 9 nitrogen and oxygen atoms in total. The van der Waals surface area contributed by atoms with E-state index in [0.29, 0.717) is 6.26 Å². The summed E-state index contributed by atoms with van der Waals surface area (Å²) < 4.78 is 50.6. The molecule has 19 heavy (non-hydrogen) atoms. The molecule has 0 radical (unpaired) electrons. The number of sulfone groups is 1. The summed E-state index contributed by atoms with van der Waals surface area (Å²) in [4.78, 5) is 21.7. The van der Waals surface area contributed by atoms with E-state index in [9.17, 15) is 26.4 Å². The van der Waals surface area contributed by atoms with Crippen molar-refractivity contribution in [2.75, 3.05) is 18.5 Å². The first kappa shape index (κ1) is 17.8. The smallest absolute Gasteiger partial charge is 0.321 e. The van der Waals surface area contributed by atoms with Gasteiger partial charge in [-0.25, -0.2) is 21.6 Å². The zero-order valence-corrected chi connectivity index (χ0v) is 12.0. The maximum atomic E-state index is 11.4. The van der Waals surface area contributed by atoms with Crippen molar-refractivity contribution in [3.05, 3.63) is 0 Å². The predicted molar refractivity (Wildman–Crippen MR) is 64.4 cm³/mol. The molecule has 1 atom stereocenters. The van der Waals surface area contributed by atoms with Gasteiger partial charge in [0.25, 0.3) is 0 Å². The van der Waals surface area contributed by atoms with Gasteiger partial charge in [0.15, 0.2) is 14.9 Å². The zero-order chi connectivity index (χ0) is 15.3. The molecule has 0 aromatic carbocycles. The summed E-state index contributed by atoms with van der Waals surface area (Å²) in [6.45, 7) is 0. The van der Waals surface area contributed by atoms with E-state index in [-0.39, 0.29) is 12.8 Å². The maximum absolute atomic E-state index is 11.4. The van der Waals surface area contributed by atoms with Crippen molar-refractivity contribution in [1.82, 2.24) is 4.72 Å². The van der Waals surface area contributed by atoms with Gasteiger partial charge in [-0.1, -0.05) is 0 Å². The quantitative estimate of drug-likeness (QED) is 0.505. The Bertz CT molecular complexity index is 535. The lowest BCUT2D eigenvalue weighted by molar-refractivity contribution is -0.142. The van der Waals surface area contributed by atoms with Crippen molar-refractivity contribution < 1.29 is 36.3 Å². The van der Waals surface area contributed by atoms with Gasteiger partial charge in [-0.3, -0.25) is 9.59 Å². The number of hydrogen-bond donors (Lipinski definition) is 2. The van der Waals surface area contributed by atoms with Crippen LogP contribution in [0.15, 0.2) is 0 Å². The molecule has 2 N–H and O–H groups in total. The number of esters is 1. The standard InChI is InChI=1S/C8H15NO8S2/c1-17-7(10)4-3-6(8(11)12)9-19(15,16)5-18(2,13)14/h6,9H,3-5H2,1-2H3,(H,11,12)/t6-/m1/s1. The summed E-state index contributed by atoms with van der Waals surface area (Å²) in [5.41, 5.74) is 0. The molecule has 0 heterocycles. The fourth-order valence-electron chi connectivity index (χ4n) is 1.13. The molecule has 0 aliphatic rings. The van der Waals surface area contributed by atoms with Crippen molar-refractivity contribution in [3.63, 3.8) is 0 Å². The van der Waals surface area contributed by atoms with E-state index in [1.165, 1.54) is 0 Å². The molecule has 112 valence electrons. The average Bonchev–Trinajstić information content (AvgIpc) is 2.19. The van der Waals surface area contributed by atoms with Crippen LogP contribution in [-0.2, 0) is 34.2 Å². The number of methoxy groups -OCH3 is 1. The summed E-state index contributed by atoms with van der Waals surface area (Å²) in [6.07, 6.45) is 0.0519. The number of carboxylic acid groups (broad SMARTS) is 1. The zero-order valence-electron chi connectivity index (χ0n) is 10.3. The second-order valence-electron chi connectivity index (χ2n) is 3.78. The van der Waals surface area contributed by atoms with Gasteiger partial charge in [0.1, 0.15) is 6.04 Å². The first-order valence-electron chi connectivity index (χ1n) is 4.94. The number of hydrogen-bond acceptors (Lipinski definition) is 7. The van der Waals surface area contributed by atoms with Crippen molar-refractivity contribution >= 4 is 31.8 Å². The highest BCUT2D eigenvalue weighted by Gasteiger charge is 2.27. The van der Waals surface area contributed by atoms with Crippen LogP contribution in [0.3, 0.4) is 0 Å². The minimum Gasteiger partial charge on any atom is -0.480 e. The number of aliphatic carboxylic acids is 1. The SMILES string of the molecule is COC(=O)CC[C@@H](NS(=O)(=O)CS(C)(=O)=O)C(=O)O. The molecular weight excluding hydrogens is 302 g/mol. The normalized spacial score (nSPS) is 13.8. The molecule has 0 aromatic rings. The predicted octanol–water partition coefficient (Wildman–Crippen LogP) is -1.69. The number of carbonyl (C=O) groups excluding carboxylic acids is 1. The third-order valence-corrected chi connectivity index (χ3v) is 5.45. The van der Waals surface area contributed by atoms with Crippen LogP contribution in [0.4, 0.5) is 0 Å². The van der Waals surface area contributed by atoms with Crippen LogP contribution in [0.25, 0.3) is 0 Å². The van der Waals surface area contributed by atoms with Crippen LogP contribution in [0.2, 0.25) is 0 Å². The maximum Gasteiger partial charge on any atom is 0.321 e. The molecule has 0 aromatic heterocycles. The van der Waals surface area contributed by atoms with Gasteiger partial charge in [0, 0.05) is 12.7 Å². The van der Waals surface area contributed by atoms with Gasteiger partial charge in [0.05, 0.1) is 7.11 Å². The van der Waals surface area contributed by atoms with E-state index in [1.807, 2.05) is 0 Å². The second-order valence-corrected chi connectivity index (χ2v) is 8.04. The number of carbonyl (C=O) groups is 2. The number of rotatable bonds is 8. The Labute approximate surface area is 110 Å². The van der Waals surface area contributed by atoms with E-state index in [2.05, 4.69) is 4.74 Å². The minimum absolute atomic E-state index is 0.311. The van der Waals surface area contributed by atoms with Crippen LogP contribution in [0.1, 0.15) is 12.8 Å². The highest BCUT2D eigenvalue weighted by Crippen LogP contribution is 2.03. The summed E-state index contributed by atoms with van der Waals surface area (Å²) >= 11 is 0. The Morgan fingerprint density at radius 3 is 2.16 bits per heavy atom. The van der Waals surface area contributed by atoms with Gasteiger partial charge in [-0.05, 0) is 6.42 Å². The Morgan fingerprint density at radius 2 is 1.79 bits per heavy atom. The Kier molecular flexibility index (Phi) is 6.39. The lowest BCUT2D eigenvalue weighted by atomic mass is 10.2. The summed E-state index contributed by atoms with van der Waals surface area (Å²) in [7, 11) is -7.03. The van der Waals surface area contributed by atoms with Crippen molar-refractivity contribution in [2.45, 2.75) is 18.9 Å². The van der Waals surface area contributed by atoms with Gasteiger partial charge >= 0.3 is 11.9 Å². The van der Waals surface area contributed by atoms with E-state index in [4.69, 9.17) is 5.11 Å². The van der Waals surface area contributed by atoms with E-state index < -0.39 is 42.9 Å². The molecular formula is C8H15NO8S2. The lowest BCUT2D eigenvalue weighted by Crippen LogP contribution is -2.43. The molecule has 0 aliphatic carbocycles. The van der Waals surface area contributed by atoms with Crippen LogP contribution >= 0.6 is 0 Å². The molecule has 0 aliphatic heterocycles. The molecule has 0 unspecified atom stereocenters. The first-order chi connectivity index (χ1) is 8.47. The van der Waals surface area contributed by atoms with Gasteiger partial charge in [0.2, 0.25) is 10.0 Å². The minimum atomic E-state index is -4.31. The number of carboxylic acids is 1. The van der Waals surface area contributed by atoms with Crippen molar-refractivity contribution in [1.29, 1.82) is 0 Å². The van der Waals surface area contributed by atoms with Crippen LogP contribution in [0.5, 0.6) is 0 Å². The molecule has 0 amide bonds. The summed E-state index contributed by atoms with van der Waals surface area (Å²) in [5.74, 6) is -2.21. The first-order valence-corrected chi connectivity index (χ1v) is 8.65. The van der Waals surface area contributed by atoms with E-state index in [1.54, 1.807) is 4.72 Å². The molecule has 0 fully saturated rings. The largest absolute Gasteiger partial charge is 0.480 e. The fraction of sp³-hybridized carbons (Fsp3) is 0.750. The Morgan fingerprint density at radius 1 is 1.26 bits per heavy atom. The monoisotopic (exact) mass is 317 g/mol. The third-order valence-electron chi connectivity index (χ3n) is 1.85. The lowest BCUT2D eigenvalue weighted by Gasteiger charge is -2.13. The molecule has 0 saturated carbocycles. The van der Waals surface area contributed by atoms with Crippen LogP contribution in [0, 0.1) is 0 Å². The van der Waals surface area contributed by atoms with E-state index >= 15 is 0 Å². The molecule has 0 rings (SSSR count). The Balaban J connectivity index is 4.76. The molecule has 0 spiro atoms. The second kappa shape index (κ2) is 6.82. The number of nitrogens with one attached hydrogen (secondary N) is 1. The molecule has 0 saturated heterocycles. The molecule has 11 heteroatoms. The van der Waals surface area contributed by atoms with Crippen molar-refractivity contribution in [3.8, 4) is 0 Å². The van der Waals surface area contributed by atoms with Crippen LogP contribution < -0.4 is 4.72 Å². The van der Waals surface area contributed by atoms with Gasteiger partial charge in [-0.15, -0.1) is 0 Å². The van der Waals surface area contributed by atoms with E-state index in [0.717, 1.165) is 7.11 Å². The third kappa shape index (κ3) is 8.51. The average molecular weight is 317 g/mol. The highest BCUT2D eigenvalue weighted by molar-refractivity contribution is 8.06. The Hall–Kier alpha value is -1.20. The summed E-state index contributed by atoms with van der Waals surface area (Å²) in [5, 5.41) is 7.57. The molecule has 0 bridgehead atoms. The summed E-state index contributed by atoms with van der Waals surface area (Å²) in [6, 6.07) is -1.59.